The Morgan fingerprint density at radius 2 is 1.59 bits per heavy atom. The van der Waals surface area contributed by atoms with Crippen LogP contribution in [0.3, 0.4) is 0 Å². The predicted molar refractivity (Wildman–Crippen MR) is 132 cm³/mol. The lowest BCUT2D eigenvalue weighted by Crippen LogP contribution is -2.26. The fourth-order valence-electron chi connectivity index (χ4n) is 5.31. The Morgan fingerprint density at radius 3 is 2.12 bits per heavy atom. The first-order valence-corrected chi connectivity index (χ1v) is 12.1. The van der Waals surface area contributed by atoms with Gasteiger partial charge < -0.3 is 10.2 Å². The van der Waals surface area contributed by atoms with Crippen molar-refractivity contribution >= 4 is 12.0 Å². The number of hydrogen-bond acceptors (Lipinski definition) is 2. The quantitative estimate of drug-likeness (QED) is 0.459. The molecule has 2 aromatic rings. The third-order valence-corrected chi connectivity index (χ3v) is 7.58. The fourth-order valence-corrected chi connectivity index (χ4v) is 5.31. The van der Waals surface area contributed by atoms with Crippen molar-refractivity contribution in [2.75, 3.05) is 0 Å². The summed E-state index contributed by atoms with van der Waals surface area (Å²) in [6, 6.07) is 13.3. The summed E-state index contributed by atoms with van der Waals surface area (Å²) in [6.45, 7) is 8.73. The SMILES string of the molecule is CCC(CC)(c1ccc(C=CC2(O)CCCC2)c(C)c1)c1ccc(CCC(=O)O)c(C)c1. The van der Waals surface area contributed by atoms with E-state index in [1.165, 1.54) is 16.7 Å². The monoisotopic (exact) mass is 434 g/mol. The van der Waals surface area contributed by atoms with E-state index in [2.05, 4.69) is 70.2 Å². The largest absolute Gasteiger partial charge is 0.481 e. The van der Waals surface area contributed by atoms with Gasteiger partial charge in [0.05, 0.1) is 5.60 Å². The van der Waals surface area contributed by atoms with Gasteiger partial charge in [-0.2, -0.15) is 0 Å². The summed E-state index contributed by atoms with van der Waals surface area (Å²) in [5.41, 5.74) is 6.55. The number of carbonyl (C=O) groups is 1. The minimum absolute atomic E-state index is 0.0766. The second kappa shape index (κ2) is 10.0. The lowest BCUT2D eigenvalue weighted by molar-refractivity contribution is -0.136. The zero-order valence-corrected chi connectivity index (χ0v) is 20.1. The molecule has 0 spiro atoms. The second-order valence-corrected chi connectivity index (χ2v) is 9.54. The Kier molecular flexibility index (Phi) is 7.61. The number of carboxylic acid groups (broad SMARTS) is 1. The van der Waals surface area contributed by atoms with E-state index in [4.69, 9.17) is 5.11 Å². The van der Waals surface area contributed by atoms with Crippen LogP contribution in [-0.2, 0) is 16.6 Å². The zero-order chi connectivity index (χ0) is 23.4. The van der Waals surface area contributed by atoms with Gasteiger partial charge >= 0.3 is 5.97 Å². The molecular weight excluding hydrogens is 396 g/mol. The van der Waals surface area contributed by atoms with Crippen LogP contribution in [0.4, 0.5) is 0 Å². The van der Waals surface area contributed by atoms with Crippen molar-refractivity contribution in [3.8, 4) is 0 Å². The summed E-state index contributed by atoms with van der Waals surface area (Å²) in [5, 5.41) is 19.7. The first-order chi connectivity index (χ1) is 15.2. The maximum absolute atomic E-state index is 11.0. The number of aliphatic carboxylic acids is 1. The van der Waals surface area contributed by atoms with Gasteiger partial charge in [-0.3, -0.25) is 4.79 Å². The third-order valence-electron chi connectivity index (χ3n) is 7.58. The van der Waals surface area contributed by atoms with Crippen molar-refractivity contribution in [2.45, 2.75) is 90.1 Å². The zero-order valence-electron chi connectivity index (χ0n) is 20.1. The maximum atomic E-state index is 11.0. The first-order valence-electron chi connectivity index (χ1n) is 12.1. The molecule has 0 atom stereocenters. The molecule has 0 unspecified atom stereocenters. The van der Waals surface area contributed by atoms with Crippen LogP contribution in [0.1, 0.15) is 92.2 Å². The molecule has 0 aromatic heterocycles. The van der Waals surface area contributed by atoms with Crippen molar-refractivity contribution in [1.82, 2.24) is 0 Å². The Morgan fingerprint density at radius 1 is 1.00 bits per heavy atom. The molecule has 2 N–H and O–H groups in total. The van der Waals surface area contributed by atoms with E-state index < -0.39 is 11.6 Å². The average molecular weight is 435 g/mol. The highest BCUT2D eigenvalue weighted by Gasteiger charge is 2.31. The van der Waals surface area contributed by atoms with Crippen LogP contribution in [0.15, 0.2) is 42.5 Å². The van der Waals surface area contributed by atoms with E-state index in [-0.39, 0.29) is 11.8 Å². The van der Waals surface area contributed by atoms with Crippen molar-refractivity contribution in [3.05, 3.63) is 75.9 Å². The molecular formula is C29H38O3. The highest BCUT2D eigenvalue weighted by atomic mass is 16.4. The molecule has 0 aliphatic heterocycles. The van der Waals surface area contributed by atoms with Gasteiger partial charge in [0.1, 0.15) is 0 Å². The van der Waals surface area contributed by atoms with E-state index in [0.29, 0.717) is 6.42 Å². The maximum Gasteiger partial charge on any atom is 0.303 e. The Hall–Kier alpha value is -2.39. The summed E-state index contributed by atoms with van der Waals surface area (Å²) >= 11 is 0. The van der Waals surface area contributed by atoms with Crippen molar-refractivity contribution in [3.63, 3.8) is 0 Å². The lowest BCUT2D eigenvalue weighted by Gasteiger charge is -2.34. The van der Waals surface area contributed by atoms with Crippen LogP contribution >= 0.6 is 0 Å². The van der Waals surface area contributed by atoms with Crippen LogP contribution in [0.2, 0.25) is 0 Å². The Balaban J connectivity index is 1.92. The van der Waals surface area contributed by atoms with Gasteiger partial charge in [-0.1, -0.05) is 75.2 Å². The molecule has 3 nitrogen and oxygen atoms in total. The lowest BCUT2D eigenvalue weighted by atomic mass is 9.69. The standard InChI is InChI=1S/C29H38O3/c1-5-29(6-2,25-12-9-23(21(3)19-25)11-14-27(30)31)26-13-10-24(22(4)20-26)15-18-28(32)16-7-8-17-28/h9-10,12-13,15,18-20,32H,5-8,11,14,16-17H2,1-4H3,(H,30,31). The summed E-state index contributed by atoms with van der Waals surface area (Å²) < 4.78 is 0. The molecule has 1 saturated carbocycles. The van der Waals surface area contributed by atoms with E-state index >= 15 is 0 Å². The summed E-state index contributed by atoms with van der Waals surface area (Å²) in [5.74, 6) is -0.755. The van der Waals surface area contributed by atoms with Crippen molar-refractivity contribution in [1.29, 1.82) is 0 Å². The van der Waals surface area contributed by atoms with Crippen LogP contribution < -0.4 is 0 Å². The molecule has 0 bridgehead atoms. The van der Waals surface area contributed by atoms with Gasteiger partial charge in [-0.05, 0) is 79.3 Å². The topological polar surface area (TPSA) is 57.5 Å². The first kappa shape index (κ1) is 24.3. The molecule has 3 heteroatoms. The number of carboxylic acids is 1. The van der Waals surface area contributed by atoms with Gasteiger partial charge in [-0.15, -0.1) is 0 Å². The molecule has 0 saturated heterocycles. The van der Waals surface area contributed by atoms with E-state index in [0.717, 1.165) is 55.2 Å². The molecule has 0 amide bonds. The minimum Gasteiger partial charge on any atom is -0.481 e. The van der Waals surface area contributed by atoms with E-state index in [1.54, 1.807) is 0 Å². The number of rotatable bonds is 9. The molecule has 32 heavy (non-hydrogen) atoms. The van der Waals surface area contributed by atoms with Gasteiger partial charge in [0.25, 0.3) is 0 Å². The summed E-state index contributed by atoms with van der Waals surface area (Å²) in [6.07, 6.45) is 10.7. The summed E-state index contributed by atoms with van der Waals surface area (Å²) in [4.78, 5) is 11.0. The highest BCUT2D eigenvalue weighted by molar-refractivity contribution is 5.67. The van der Waals surface area contributed by atoms with Crippen molar-refractivity contribution in [2.24, 2.45) is 0 Å². The molecule has 3 rings (SSSR count). The molecule has 2 aromatic carbocycles. The normalized spacial score (nSPS) is 16.0. The Bertz CT molecular complexity index is 976. The van der Waals surface area contributed by atoms with Crippen molar-refractivity contribution < 1.29 is 15.0 Å². The van der Waals surface area contributed by atoms with Gasteiger partial charge in [0.15, 0.2) is 0 Å². The molecule has 1 fully saturated rings. The van der Waals surface area contributed by atoms with E-state index in [1.807, 2.05) is 6.08 Å². The predicted octanol–water partition coefficient (Wildman–Crippen LogP) is 6.75. The molecule has 0 heterocycles. The van der Waals surface area contributed by atoms with Gasteiger partial charge in [0, 0.05) is 11.8 Å². The smallest absolute Gasteiger partial charge is 0.303 e. The summed E-state index contributed by atoms with van der Waals surface area (Å²) in [7, 11) is 0. The second-order valence-electron chi connectivity index (χ2n) is 9.54. The number of hydrogen-bond donors (Lipinski definition) is 2. The average Bonchev–Trinajstić information content (AvgIpc) is 3.20. The van der Waals surface area contributed by atoms with Crippen LogP contribution in [-0.4, -0.2) is 21.8 Å². The van der Waals surface area contributed by atoms with Gasteiger partial charge in [-0.25, -0.2) is 0 Å². The van der Waals surface area contributed by atoms with Crippen LogP contribution in [0.25, 0.3) is 6.08 Å². The van der Waals surface area contributed by atoms with Crippen LogP contribution in [0, 0.1) is 13.8 Å². The fraction of sp³-hybridized carbons (Fsp3) is 0.483. The number of aryl methyl sites for hydroxylation is 3. The van der Waals surface area contributed by atoms with Crippen LogP contribution in [0.5, 0.6) is 0 Å². The molecule has 172 valence electrons. The number of benzene rings is 2. The molecule has 1 aliphatic carbocycles. The van der Waals surface area contributed by atoms with E-state index in [9.17, 15) is 9.90 Å². The highest BCUT2D eigenvalue weighted by Crippen LogP contribution is 2.40. The van der Waals surface area contributed by atoms with Gasteiger partial charge in [0.2, 0.25) is 0 Å². The third kappa shape index (κ3) is 5.15. The minimum atomic E-state index is -0.755. The number of aliphatic hydroxyl groups is 1. The molecule has 0 radical (unpaired) electrons. The Labute approximate surface area is 193 Å². The molecule has 1 aliphatic rings.